The predicted octanol–water partition coefficient (Wildman–Crippen LogP) is 3.91. The highest BCUT2D eigenvalue weighted by Gasteiger charge is 2.24. The number of carbonyl (C=O) groups excluding carboxylic acids is 2. The van der Waals surface area contributed by atoms with Crippen LogP contribution in [0, 0.1) is 6.92 Å². The molecule has 9 heteroatoms. The SMILES string of the molecule is COC(=O)c1cc(C)sc1NC(=O)N1CCN(Cc2ccc(Cl)s2)CC1. The first-order valence-electron chi connectivity index (χ1n) is 8.17. The summed E-state index contributed by atoms with van der Waals surface area (Å²) in [4.78, 5) is 30.6. The van der Waals surface area contributed by atoms with Crippen LogP contribution in [0.2, 0.25) is 4.34 Å². The zero-order valence-electron chi connectivity index (χ0n) is 14.6. The number of rotatable bonds is 4. The molecule has 1 aliphatic heterocycles. The Morgan fingerprint density at radius 1 is 1.23 bits per heavy atom. The molecular formula is C17H20ClN3O3S2. The van der Waals surface area contributed by atoms with E-state index >= 15 is 0 Å². The third-order valence-electron chi connectivity index (χ3n) is 4.15. The molecule has 0 spiro atoms. The molecule has 1 fully saturated rings. The van der Waals surface area contributed by atoms with Gasteiger partial charge in [-0.05, 0) is 25.1 Å². The summed E-state index contributed by atoms with van der Waals surface area (Å²) in [6, 6.07) is 5.50. The van der Waals surface area contributed by atoms with E-state index in [-0.39, 0.29) is 6.03 Å². The molecule has 3 rings (SSSR count). The molecule has 2 amide bonds. The quantitative estimate of drug-likeness (QED) is 0.772. The molecule has 0 aromatic carbocycles. The highest BCUT2D eigenvalue weighted by molar-refractivity contribution is 7.16. The molecule has 0 aliphatic carbocycles. The minimum absolute atomic E-state index is 0.184. The number of thiophene rings is 2. The molecule has 0 atom stereocenters. The number of esters is 1. The number of carbonyl (C=O) groups is 2. The first kappa shape index (κ1) is 19.2. The van der Waals surface area contributed by atoms with Crippen molar-refractivity contribution in [3.8, 4) is 0 Å². The molecule has 140 valence electrons. The molecule has 0 radical (unpaired) electrons. The fourth-order valence-electron chi connectivity index (χ4n) is 2.81. The van der Waals surface area contributed by atoms with E-state index in [0.717, 1.165) is 28.8 Å². The third-order valence-corrected chi connectivity index (χ3v) is 6.33. The minimum atomic E-state index is -0.441. The third kappa shape index (κ3) is 4.56. The van der Waals surface area contributed by atoms with Crippen molar-refractivity contribution in [2.24, 2.45) is 0 Å². The van der Waals surface area contributed by atoms with Gasteiger partial charge in [0, 0.05) is 42.5 Å². The van der Waals surface area contributed by atoms with Gasteiger partial charge in [-0.3, -0.25) is 10.2 Å². The highest BCUT2D eigenvalue weighted by atomic mass is 35.5. The van der Waals surface area contributed by atoms with Crippen molar-refractivity contribution < 1.29 is 14.3 Å². The molecule has 1 saturated heterocycles. The van der Waals surface area contributed by atoms with E-state index in [2.05, 4.69) is 10.2 Å². The summed E-state index contributed by atoms with van der Waals surface area (Å²) in [5.41, 5.74) is 0.400. The summed E-state index contributed by atoms with van der Waals surface area (Å²) >= 11 is 8.94. The molecule has 0 unspecified atom stereocenters. The lowest BCUT2D eigenvalue weighted by Crippen LogP contribution is -2.49. The number of urea groups is 1. The lowest BCUT2D eigenvalue weighted by atomic mass is 10.3. The number of piperazine rings is 1. The topological polar surface area (TPSA) is 61.9 Å². The van der Waals surface area contributed by atoms with E-state index in [1.807, 2.05) is 19.1 Å². The number of amides is 2. The second kappa shape index (κ2) is 8.39. The largest absolute Gasteiger partial charge is 0.465 e. The summed E-state index contributed by atoms with van der Waals surface area (Å²) in [5, 5.41) is 3.39. The van der Waals surface area contributed by atoms with Gasteiger partial charge in [0.1, 0.15) is 5.00 Å². The number of halogens is 1. The van der Waals surface area contributed by atoms with Crippen LogP contribution in [-0.2, 0) is 11.3 Å². The van der Waals surface area contributed by atoms with E-state index in [0.29, 0.717) is 23.7 Å². The summed E-state index contributed by atoms with van der Waals surface area (Å²) in [5.74, 6) is -0.441. The van der Waals surface area contributed by atoms with Crippen LogP contribution < -0.4 is 5.32 Å². The number of hydrogen-bond donors (Lipinski definition) is 1. The average molecular weight is 414 g/mol. The van der Waals surface area contributed by atoms with Crippen LogP contribution in [0.1, 0.15) is 20.1 Å². The number of ether oxygens (including phenoxy) is 1. The van der Waals surface area contributed by atoms with E-state index < -0.39 is 5.97 Å². The lowest BCUT2D eigenvalue weighted by Gasteiger charge is -2.34. The van der Waals surface area contributed by atoms with Gasteiger partial charge in [-0.15, -0.1) is 22.7 Å². The number of anilines is 1. The molecule has 0 bridgehead atoms. The molecule has 1 N–H and O–H groups in total. The van der Waals surface area contributed by atoms with E-state index in [4.69, 9.17) is 16.3 Å². The second-order valence-corrected chi connectivity index (χ2v) is 9.05. The maximum absolute atomic E-state index is 12.5. The zero-order chi connectivity index (χ0) is 18.7. The van der Waals surface area contributed by atoms with E-state index in [1.165, 1.54) is 23.3 Å². The molecule has 26 heavy (non-hydrogen) atoms. The van der Waals surface area contributed by atoms with Gasteiger partial charge in [0.25, 0.3) is 0 Å². The van der Waals surface area contributed by atoms with Crippen molar-refractivity contribution in [3.63, 3.8) is 0 Å². The monoisotopic (exact) mass is 413 g/mol. The zero-order valence-corrected chi connectivity index (χ0v) is 17.0. The van der Waals surface area contributed by atoms with Crippen molar-refractivity contribution in [3.05, 3.63) is 37.9 Å². The van der Waals surface area contributed by atoms with Gasteiger partial charge < -0.3 is 9.64 Å². The van der Waals surface area contributed by atoms with Gasteiger partial charge in [0.2, 0.25) is 0 Å². The van der Waals surface area contributed by atoms with Crippen LogP contribution in [0.25, 0.3) is 0 Å². The van der Waals surface area contributed by atoms with Crippen molar-refractivity contribution >= 4 is 51.3 Å². The lowest BCUT2D eigenvalue weighted by molar-refractivity contribution is 0.0602. The maximum Gasteiger partial charge on any atom is 0.340 e. The van der Waals surface area contributed by atoms with Crippen LogP contribution in [0.4, 0.5) is 9.80 Å². The number of nitrogens with one attached hydrogen (secondary N) is 1. The Morgan fingerprint density at radius 2 is 1.96 bits per heavy atom. The Balaban J connectivity index is 1.55. The number of nitrogens with zero attached hydrogens (tertiary/aromatic N) is 2. The van der Waals surface area contributed by atoms with Gasteiger partial charge in [-0.1, -0.05) is 11.6 Å². The standard InChI is InChI=1S/C17H20ClN3O3S2/c1-11-9-13(16(22)24-2)15(25-11)19-17(23)21-7-5-20(6-8-21)10-12-3-4-14(18)26-12/h3-4,9H,5-8,10H2,1-2H3,(H,19,23). The fraction of sp³-hybridized carbons (Fsp3) is 0.412. The highest BCUT2D eigenvalue weighted by Crippen LogP contribution is 2.28. The molecule has 3 heterocycles. The van der Waals surface area contributed by atoms with Crippen LogP contribution in [-0.4, -0.2) is 55.1 Å². The van der Waals surface area contributed by atoms with Gasteiger partial charge in [-0.2, -0.15) is 0 Å². The first-order chi connectivity index (χ1) is 12.5. The van der Waals surface area contributed by atoms with Gasteiger partial charge >= 0.3 is 12.0 Å². The molecule has 1 aliphatic rings. The van der Waals surface area contributed by atoms with E-state index in [9.17, 15) is 9.59 Å². The Bertz CT molecular complexity index is 797. The second-order valence-electron chi connectivity index (χ2n) is 5.99. The van der Waals surface area contributed by atoms with Crippen molar-refractivity contribution in [2.75, 3.05) is 38.6 Å². The molecule has 2 aromatic rings. The smallest absolute Gasteiger partial charge is 0.340 e. The summed E-state index contributed by atoms with van der Waals surface area (Å²) < 4.78 is 5.57. The maximum atomic E-state index is 12.5. The number of methoxy groups -OCH3 is 1. The molecule has 6 nitrogen and oxygen atoms in total. The molecular weight excluding hydrogens is 394 g/mol. The van der Waals surface area contributed by atoms with E-state index in [1.54, 1.807) is 22.3 Å². The van der Waals surface area contributed by atoms with Crippen molar-refractivity contribution in [2.45, 2.75) is 13.5 Å². The average Bonchev–Trinajstić information content (AvgIpc) is 3.20. The van der Waals surface area contributed by atoms with Crippen LogP contribution in [0.15, 0.2) is 18.2 Å². The van der Waals surface area contributed by atoms with Crippen molar-refractivity contribution in [1.29, 1.82) is 0 Å². The summed E-state index contributed by atoms with van der Waals surface area (Å²) in [7, 11) is 1.33. The predicted molar refractivity (Wildman–Crippen MR) is 106 cm³/mol. The molecule has 2 aromatic heterocycles. The van der Waals surface area contributed by atoms with Crippen LogP contribution in [0.3, 0.4) is 0 Å². The Hall–Kier alpha value is -1.61. The number of aryl methyl sites for hydroxylation is 1. The van der Waals surface area contributed by atoms with Gasteiger partial charge in [0.15, 0.2) is 0 Å². The fourth-order valence-corrected chi connectivity index (χ4v) is 4.83. The van der Waals surface area contributed by atoms with Crippen molar-refractivity contribution in [1.82, 2.24) is 9.80 Å². The van der Waals surface area contributed by atoms with Gasteiger partial charge in [-0.25, -0.2) is 9.59 Å². The normalized spacial score (nSPS) is 15.1. The van der Waals surface area contributed by atoms with Gasteiger partial charge in [0.05, 0.1) is 17.0 Å². The summed E-state index contributed by atoms with van der Waals surface area (Å²) in [6.07, 6.45) is 0. The molecule has 0 saturated carbocycles. The Labute approximate surface area is 165 Å². The summed E-state index contributed by atoms with van der Waals surface area (Å²) in [6.45, 7) is 5.63. The Kier molecular flexibility index (Phi) is 6.18. The van der Waals surface area contributed by atoms with Crippen LogP contribution in [0.5, 0.6) is 0 Å². The van der Waals surface area contributed by atoms with Crippen LogP contribution >= 0.6 is 34.3 Å². The number of hydrogen-bond acceptors (Lipinski definition) is 6. The first-order valence-corrected chi connectivity index (χ1v) is 10.2. The minimum Gasteiger partial charge on any atom is -0.465 e. The Morgan fingerprint density at radius 3 is 2.58 bits per heavy atom.